The van der Waals surface area contributed by atoms with Gasteiger partial charge in [-0.1, -0.05) is 109 Å². The molecule has 0 saturated carbocycles. The Bertz CT molecular complexity index is 3910. The van der Waals surface area contributed by atoms with Gasteiger partial charge in [0.1, 0.15) is 11.2 Å². The first-order valence-corrected chi connectivity index (χ1v) is 35.4. The van der Waals surface area contributed by atoms with Crippen molar-refractivity contribution in [3.63, 3.8) is 0 Å². The van der Waals surface area contributed by atoms with Crippen molar-refractivity contribution in [1.82, 2.24) is 39.7 Å². The highest BCUT2D eigenvalue weighted by Crippen LogP contribution is 2.38. The minimum Gasteiger partial charge on any atom is -0.399 e. The van der Waals surface area contributed by atoms with Crippen molar-refractivity contribution < 1.29 is 39.0 Å². The van der Waals surface area contributed by atoms with E-state index in [2.05, 4.69) is 159 Å². The maximum absolute atomic E-state index is 12.8. The van der Waals surface area contributed by atoms with Crippen molar-refractivity contribution in [3.05, 3.63) is 204 Å². The lowest BCUT2D eigenvalue weighted by Crippen LogP contribution is -2.41. The van der Waals surface area contributed by atoms with E-state index in [9.17, 15) is 24.9 Å². The minimum atomic E-state index is -0.857. The lowest BCUT2D eigenvalue weighted by atomic mass is 9.77. The molecule has 6 aromatic heterocycles. The summed E-state index contributed by atoms with van der Waals surface area (Å²) in [6.45, 7) is 30.8. The molecule has 9 heterocycles. The Morgan fingerprint density at radius 2 is 0.928 bits per heavy atom. The molecule has 8 aromatic rings. The molecule has 3 fully saturated rings. The van der Waals surface area contributed by atoms with Crippen molar-refractivity contribution in [1.29, 1.82) is 0 Å². The van der Waals surface area contributed by atoms with Crippen LogP contribution in [-0.4, -0.2) is 131 Å². The molecule has 0 spiro atoms. The van der Waals surface area contributed by atoms with Gasteiger partial charge in [-0.25, -0.2) is 0 Å². The molecule has 3 aliphatic heterocycles. The summed E-state index contributed by atoms with van der Waals surface area (Å²) in [6, 6.07) is 30.3. The average Bonchev–Trinajstić information content (AvgIpc) is 1.68. The highest BCUT2D eigenvalue weighted by Gasteiger charge is 2.52. The first kappa shape index (κ1) is 78.5. The molecule has 97 heavy (non-hydrogen) atoms. The molecule has 0 unspecified atom stereocenters. The number of piperidine rings is 2. The van der Waals surface area contributed by atoms with Crippen molar-refractivity contribution in [2.75, 3.05) is 33.3 Å². The molecule has 516 valence electrons. The van der Waals surface area contributed by atoms with Gasteiger partial charge in [0.2, 0.25) is 0 Å². The summed E-state index contributed by atoms with van der Waals surface area (Å²) >= 11 is 23.1. The standard InChI is InChI=1S/C26H28ClN3O3.C17H16BrClN2O2.C15H24BNO2.C9H12BrN.C8H10BrNO/c1-26(2,33-3)24-14-17(6-9-29-24)19-12-20(16-28-15-19)22-5-4-18(13-23(22)27)25(32)30-10-7-21(31)8-11-30;18-13-7-12(9-20-10-13)15-2-1-11(8-16(15)19)17(23)21-5-3-14(22)4-6-21;1-13(2,3)12-10-11(8-9-17-12)16-18-14(4,5)15(6,7)19-16;1-9(2,3)8-6-7(10)4-5-11-8;1-8(2,11)7-5-6(9)3-4-10-7/h4-6,9,12-16,21,31H,7-8,10-11H2,1-3H3;1-2,7-10,14,22H,3-6H2;8-10H,1-7H3;4-6H,1-3H3;3-5,11H,1-2H3. The zero-order valence-corrected chi connectivity index (χ0v) is 64.4. The van der Waals surface area contributed by atoms with Crippen molar-refractivity contribution in [3.8, 4) is 33.4 Å². The van der Waals surface area contributed by atoms with Gasteiger partial charge in [-0.15, -0.1) is 0 Å². The number of benzene rings is 2. The van der Waals surface area contributed by atoms with E-state index in [4.69, 9.17) is 37.2 Å². The largest absolute Gasteiger partial charge is 0.494 e. The normalized spacial score (nSPS) is 15.7. The van der Waals surface area contributed by atoms with E-state index in [1.165, 1.54) is 0 Å². The molecular weight excluding hydrogens is 1460 g/mol. The van der Waals surface area contributed by atoms with Gasteiger partial charge in [-0.2, -0.15) is 0 Å². The number of nitrogens with zero attached hydrogens (tertiary/aromatic N) is 8. The van der Waals surface area contributed by atoms with Crippen molar-refractivity contribution in [2.24, 2.45) is 0 Å². The summed E-state index contributed by atoms with van der Waals surface area (Å²) in [6.07, 6.45) is 15.9. The van der Waals surface area contributed by atoms with Gasteiger partial charge in [-0.05, 0) is 193 Å². The van der Waals surface area contributed by atoms with Crippen molar-refractivity contribution in [2.45, 2.75) is 168 Å². The van der Waals surface area contributed by atoms with Crippen LogP contribution >= 0.6 is 71.0 Å². The fourth-order valence-corrected chi connectivity index (χ4v) is 11.8. The third-order valence-electron chi connectivity index (χ3n) is 17.1. The number of ether oxygens (including phenoxy) is 1. The van der Waals surface area contributed by atoms with E-state index in [1.807, 2.05) is 80.8 Å². The predicted molar refractivity (Wildman–Crippen MR) is 399 cm³/mol. The van der Waals surface area contributed by atoms with E-state index >= 15 is 0 Å². The molecule has 22 heteroatoms. The molecule has 3 aliphatic rings. The molecule has 0 aliphatic carbocycles. The Hall–Kier alpha value is -5.88. The first-order chi connectivity index (χ1) is 45.3. The monoisotopic (exact) mass is 1550 g/mol. The number of likely N-dealkylation sites (tertiary alicyclic amines) is 2. The highest BCUT2D eigenvalue weighted by atomic mass is 79.9. The van der Waals surface area contributed by atoms with Gasteiger partial charge in [-0.3, -0.25) is 39.5 Å². The summed E-state index contributed by atoms with van der Waals surface area (Å²) in [5.74, 6) is -0.106. The van der Waals surface area contributed by atoms with E-state index in [0.29, 0.717) is 78.7 Å². The van der Waals surface area contributed by atoms with Crippen LogP contribution in [0.1, 0.15) is 166 Å². The maximum atomic E-state index is 12.8. The molecule has 3 saturated heterocycles. The molecule has 0 radical (unpaired) electrons. The fraction of sp³-hybridized carbons (Fsp3) is 0.413. The van der Waals surface area contributed by atoms with Gasteiger partial charge in [0, 0.05) is 167 Å². The zero-order valence-electron chi connectivity index (χ0n) is 58.1. The number of aliphatic hydroxyl groups is 3. The van der Waals surface area contributed by atoms with E-state index in [-0.39, 0.29) is 53.2 Å². The van der Waals surface area contributed by atoms with Crippen LogP contribution in [0.25, 0.3) is 33.4 Å². The molecule has 0 atom stereocenters. The Kier molecular flexibility index (Phi) is 27.1. The Balaban J connectivity index is 0.000000182. The number of aromatic nitrogens is 6. The van der Waals surface area contributed by atoms with Gasteiger partial charge < -0.3 is 39.2 Å². The van der Waals surface area contributed by atoms with Crippen LogP contribution in [0.2, 0.25) is 10.0 Å². The van der Waals surface area contributed by atoms with Gasteiger partial charge >= 0.3 is 7.12 Å². The van der Waals surface area contributed by atoms with Crippen LogP contribution in [0, 0.1) is 0 Å². The van der Waals surface area contributed by atoms with Crippen molar-refractivity contribution >= 4 is 95.4 Å². The number of rotatable bonds is 9. The maximum Gasteiger partial charge on any atom is 0.494 e. The lowest BCUT2D eigenvalue weighted by Gasteiger charge is -2.32. The molecule has 2 aromatic carbocycles. The SMILES string of the molecule is CC(C)(C)c1cc(B2OC(C)(C)C(C)(C)O2)ccn1.CC(C)(C)c1cc(Br)ccn1.CC(C)(O)c1cc(Br)ccn1.COC(C)(C)c1cc(-c2cncc(-c3ccc(C(=O)N4CCC(O)CC4)cc3Cl)c2)ccn1.O=C(c1ccc(-c2cncc(Br)c2)c(Cl)c1)N1CCC(O)CC1. The first-order valence-electron chi connectivity index (χ1n) is 32.3. The Morgan fingerprint density at radius 3 is 1.35 bits per heavy atom. The fourth-order valence-electron chi connectivity index (χ4n) is 10.2. The zero-order chi connectivity index (χ0) is 71.4. The summed E-state index contributed by atoms with van der Waals surface area (Å²) in [5.41, 5.74) is 9.36. The molecule has 2 amide bonds. The number of amides is 2. The smallest absolute Gasteiger partial charge is 0.399 e. The minimum absolute atomic E-state index is 0.0274. The summed E-state index contributed by atoms with van der Waals surface area (Å²) in [5, 5.41) is 29.8. The second-order valence-electron chi connectivity index (χ2n) is 28.3. The number of halogens is 5. The number of carbonyl (C=O) groups is 2. The van der Waals surface area contributed by atoms with Crippen LogP contribution in [-0.2, 0) is 36.1 Å². The Morgan fingerprint density at radius 1 is 0.515 bits per heavy atom. The number of pyridine rings is 6. The van der Waals surface area contributed by atoms with Crippen LogP contribution in [0.5, 0.6) is 0 Å². The lowest BCUT2D eigenvalue weighted by molar-refractivity contribution is 0.00578. The third-order valence-corrected chi connectivity index (χ3v) is 19.2. The highest BCUT2D eigenvalue weighted by molar-refractivity contribution is 9.11. The van der Waals surface area contributed by atoms with E-state index in [0.717, 1.165) is 69.3 Å². The molecule has 0 bridgehead atoms. The summed E-state index contributed by atoms with van der Waals surface area (Å²) in [7, 11) is 1.36. The number of carbonyl (C=O) groups excluding carboxylic acids is 2. The quantitative estimate of drug-likeness (QED) is 0.115. The van der Waals surface area contributed by atoms with Gasteiger partial charge in [0.15, 0.2) is 0 Å². The number of hydrogen-bond donors (Lipinski definition) is 3. The summed E-state index contributed by atoms with van der Waals surface area (Å²) in [4.78, 5) is 54.7. The molecule has 16 nitrogen and oxygen atoms in total. The van der Waals surface area contributed by atoms with Crippen LogP contribution in [0.4, 0.5) is 0 Å². The molecular formula is C75H90BBr3Cl2N8O8. The number of methoxy groups -OCH3 is 1. The number of hydrogen-bond acceptors (Lipinski definition) is 14. The predicted octanol–water partition coefficient (Wildman–Crippen LogP) is 16.6. The van der Waals surface area contributed by atoms with E-state index < -0.39 is 11.2 Å². The van der Waals surface area contributed by atoms with Gasteiger partial charge in [0.25, 0.3) is 11.8 Å². The average molecular weight is 1550 g/mol. The number of aliphatic hydroxyl groups excluding tert-OH is 2. The summed E-state index contributed by atoms with van der Waals surface area (Å²) < 4.78 is 20.6. The van der Waals surface area contributed by atoms with Gasteiger partial charge in [0.05, 0.1) is 34.8 Å². The molecule has 3 N–H and O–H groups in total. The molecule has 11 rings (SSSR count). The Labute approximate surface area is 608 Å². The van der Waals surface area contributed by atoms with Crippen LogP contribution in [0.3, 0.4) is 0 Å². The second kappa shape index (κ2) is 33.5. The van der Waals surface area contributed by atoms with E-state index in [1.54, 1.807) is 98.3 Å². The topological polar surface area (TPSA) is 206 Å². The van der Waals surface area contributed by atoms with Crippen LogP contribution in [0.15, 0.2) is 160 Å². The second-order valence-corrected chi connectivity index (χ2v) is 31.8. The third kappa shape index (κ3) is 22.1. The van der Waals surface area contributed by atoms with Crippen LogP contribution < -0.4 is 5.46 Å².